The van der Waals surface area contributed by atoms with Gasteiger partial charge in [-0.2, -0.15) is 0 Å². The Morgan fingerprint density at radius 2 is 1.51 bits per heavy atom. The van der Waals surface area contributed by atoms with Crippen molar-refractivity contribution in [3.05, 3.63) is 35.9 Å². The van der Waals surface area contributed by atoms with Gasteiger partial charge in [0.25, 0.3) is 5.91 Å². The Kier molecular flexibility index (Phi) is 17.5. The Hall–Kier alpha value is -4.53. The van der Waals surface area contributed by atoms with Crippen LogP contribution in [0.2, 0.25) is 0 Å². The SMILES string of the molecule is CCCC(NC(=O)C1C[C@@H](OC(C)(C)C)CN1C(=O)[C@@H](NC(=O)OCC(C)C)C1CCCCC1)C(=O)C(=O)NCC(=O)N[C@H](C(=O)OC(C)(C)C)c1ccccc1. The van der Waals surface area contributed by atoms with Gasteiger partial charge >= 0.3 is 12.1 Å². The molecule has 1 saturated heterocycles. The predicted octanol–water partition coefficient (Wildman–Crippen LogP) is 4.27. The highest BCUT2D eigenvalue weighted by Gasteiger charge is 2.46. The van der Waals surface area contributed by atoms with Gasteiger partial charge in [0.15, 0.2) is 6.04 Å². The number of Topliss-reactive ketones (excluding diaryl/α,β-unsaturated/α-hetero) is 1. The molecule has 57 heavy (non-hydrogen) atoms. The van der Waals surface area contributed by atoms with E-state index in [1.165, 1.54) is 4.90 Å². The number of nitrogens with one attached hydrogen (secondary N) is 4. The fraction of sp³-hybridized carbons (Fsp3) is 0.690. The Morgan fingerprint density at radius 3 is 2.09 bits per heavy atom. The van der Waals surface area contributed by atoms with E-state index >= 15 is 0 Å². The average molecular weight is 800 g/mol. The molecule has 5 amide bonds. The van der Waals surface area contributed by atoms with Gasteiger partial charge in [0.05, 0.1) is 30.9 Å². The summed E-state index contributed by atoms with van der Waals surface area (Å²) in [5.74, 6) is -4.67. The maximum Gasteiger partial charge on any atom is 0.407 e. The van der Waals surface area contributed by atoms with Crippen LogP contribution in [0.15, 0.2) is 30.3 Å². The minimum Gasteiger partial charge on any atom is -0.458 e. The Balaban J connectivity index is 1.76. The first-order chi connectivity index (χ1) is 26.7. The van der Waals surface area contributed by atoms with Crippen LogP contribution in [-0.4, -0.2) is 102 Å². The highest BCUT2D eigenvalue weighted by Crippen LogP contribution is 2.31. The van der Waals surface area contributed by atoms with Crippen molar-refractivity contribution in [3.63, 3.8) is 0 Å². The summed E-state index contributed by atoms with van der Waals surface area (Å²) in [7, 11) is 0. The fourth-order valence-electron chi connectivity index (χ4n) is 7.04. The number of alkyl carbamates (subject to hydrolysis) is 1. The summed E-state index contributed by atoms with van der Waals surface area (Å²) in [5.41, 5.74) is -0.951. The quantitative estimate of drug-likeness (QED) is 0.130. The van der Waals surface area contributed by atoms with E-state index in [1.807, 2.05) is 34.6 Å². The summed E-state index contributed by atoms with van der Waals surface area (Å²) in [6.45, 7) is 16.0. The summed E-state index contributed by atoms with van der Waals surface area (Å²) in [6, 6.07) is 4.05. The Morgan fingerprint density at radius 1 is 0.860 bits per heavy atom. The van der Waals surface area contributed by atoms with Crippen LogP contribution in [0.25, 0.3) is 0 Å². The molecular weight excluding hydrogens is 734 g/mol. The van der Waals surface area contributed by atoms with Gasteiger partial charge in [0.2, 0.25) is 23.5 Å². The molecule has 3 rings (SSSR count). The lowest BCUT2D eigenvalue weighted by Crippen LogP contribution is -2.58. The van der Waals surface area contributed by atoms with Crippen LogP contribution in [-0.2, 0) is 43.0 Å². The summed E-state index contributed by atoms with van der Waals surface area (Å²) in [5, 5.41) is 10.4. The highest BCUT2D eigenvalue weighted by molar-refractivity contribution is 6.38. The van der Waals surface area contributed by atoms with E-state index in [2.05, 4.69) is 21.3 Å². The third kappa shape index (κ3) is 15.4. The maximum absolute atomic E-state index is 14.4. The van der Waals surface area contributed by atoms with Gasteiger partial charge in [0.1, 0.15) is 17.7 Å². The summed E-state index contributed by atoms with van der Waals surface area (Å²) in [6.07, 6.45) is 3.71. The number of hydrogen-bond donors (Lipinski definition) is 4. The van der Waals surface area contributed by atoms with E-state index in [-0.39, 0.29) is 37.8 Å². The predicted molar refractivity (Wildman–Crippen MR) is 212 cm³/mol. The molecule has 15 heteroatoms. The second kappa shape index (κ2) is 21.3. The molecule has 4 N–H and O–H groups in total. The monoisotopic (exact) mass is 799 g/mol. The van der Waals surface area contributed by atoms with Gasteiger partial charge in [-0.15, -0.1) is 0 Å². The summed E-state index contributed by atoms with van der Waals surface area (Å²) in [4.78, 5) is 95.6. The Bertz CT molecular complexity index is 1550. The van der Waals surface area contributed by atoms with Crippen molar-refractivity contribution >= 4 is 41.5 Å². The summed E-state index contributed by atoms with van der Waals surface area (Å²) >= 11 is 0. The number of ether oxygens (including phenoxy) is 3. The number of likely N-dealkylation sites (tertiary alicyclic amines) is 1. The van der Waals surface area contributed by atoms with Crippen LogP contribution in [0.1, 0.15) is 125 Å². The molecule has 2 aliphatic rings. The van der Waals surface area contributed by atoms with Crippen LogP contribution in [0.3, 0.4) is 0 Å². The molecule has 0 radical (unpaired) electrons. The topological polar surface area (TPSA) is 199 Å². The largest absolute Gasteiger partial charge is 0.458 e. The van der Waals surface area contributed by atoms with Crippen molar-refractivity contribution < 1.29 is 47.8 Å². The van der Waals surface area contributed by atoms with E-state index in [4.69, 9.17) is 14.2 Å². The fourth-order valence-corrected chi connectivity index (χ4v) is 7.04. The van der Waals surface area contributed by atoms with E-state index in [9.17, 15) is 33.6 Å². The number of carbonyl (C=O) groups is 7. The van der Waals surface area contributed by atoms with Gasteiger partial charge in [-0.1, -0.05) is 76.8 Å². The first-order valence-electron chi connectivity index (χ1n) is 20.3. The summed E-state index contributed by atoms with van der Waals surface area (Å²) < 4.78 is 17.1. The zero-order chi connectivity index (χ0) is 42.5. The third-order valence-electron chi connectivity index (χ3n) is 9.50. The molecular formula is C42H65N5O10. The molecule has 0 spiro atoms. The van der Waals surface area contributed by atoms with Gasteiger partial charge in [-0.05, 0) is 78.2 Å². The van der Waals surface area contributed by atoms with Crippen molar-refractivity contribution in [1.82, 2.24) is 26.2 Å². The number of hydrogen-bond acceptors (Lipinski definition) is 10. The van der Waals surface area contributed by atoms with Gasteiger partial charge < -0.3 is 40.4 Å². The van der Waals surface area contributed by atoms with Crippen LogP contribution in [0.4, 0.5) is 4.79 Å². The van der Waals surface area contributed by atoms with Crippen molar-refractivity contribution in [1.29, 1.82) is 0 Å². The van der Waals surface area contributed by atoms with Crippen LogP contribution in [0.5, 0.6) is 0 Å². The molecule has 318 valence electrons. The smallest absolute Gasteiger partial charge is 0.407 e. The van der Waals surface area contributed by atoms with Crippen LogP contribution in [0, 0.1) is 11.8 Å². The second-order valence-electron chi connectivity index (χ2n) is 17.4. The number of carbonyl (C=O) groups excluding carboxylic acids is 7. The molecule has 2 unspecified atom stereocenters. The molecule has 1 aromatic rings. The highest BCUT2D eigenvalue weighted by atomic mass is 16.6. The van der Waals surface area contributed by atoms with Gasteiger partial charge in [0, 0.05) is 13.0 Å². The van der Waals surface area contributed by atoms with Crippen molar-refractivity contribution in [3.8, 4) is 0 Å². The standard InChI is InChI=1S/C42H65N5O10/c1-10-17-30(35(49)37(51)43-23-32(48)45-34(28-20-15-12-16-21-28)39(53)57-42(7,8)9)44-36(50)31-22-29(56-41(4,5)6)24-47(31)38(52)33(27-18-13-11-14-19-27)46-40(54)55-25-26(2)3/h12,15-16,20-21,26-27,29-31,33-34H,10-11,13-14,17-19,22-25H2,1-9H3,(H,43,51)(H,44,50)(H,45,48)(H,46,54)/t29-,30?,31?,33+,34+/m1/s1. The Labute approximate surface area is 337 Å². The van der Waals surface area contributed by atoms with Gasteiger partial charge in [-0.25, -0.2) is 9.59 Å². The lowest BCUT2D eigenvalue weighted by molar-refractivity contribution is -0.158. The number of amides is 5. The van der Waals surface area contributed by atoms with Crippen LogP contribution < -0.4 is 21.3 Å². The first kappa shape index (κ1) is 46.8. The van der Waals surface area contributed by atoms with Crippen molar-refractivity contribution in [2.75, 3.05) is 19.7 Å². The van der Waals surface area contributed by atoms with E-state index < -0.39 is 89.5 Å². The maximum atomic E-state index is 14.4. The lowest BCUT2D eigenvalue weighted by Gasteiger charge is -2.34. The molecule has 5 atom stereocenters. The van der Waals surface area contributed by atoms with E-state index in [0.717, 1.165) is 32.1 Å². The number of rotatable bonds is 17. The van der Waals surface area contributed by atoms with E-state index in [0.29, 0.717) is 12.0 Å². The molecule has 2 fully saturated rings. The minimum atomic E-state index is -1.26. The van der Waals surface area contributed by atoms with Gasteiger partial charge in [-0.3, -0.25) is 24.0 Å². The molecule has 0 aromatic heterocycles. The molecule has 1 saturated carbocycles. The zero-order valence-electron chi connectivity index (χ0n) is 35.2. The lowest BCUT2D eigenvalue weighted by atomic mass is 9.83. The molecule has 0 bridgehead atoms. The number of benzene rings is 1. The third-order valence-corrected chi connectivity index (χ3v) is 9.50. The normalized spacial score (nSPS) is 19.2. The zero-order valence-corrected chi connectivity index (χ0v) is 35.2. The molecule has 1 aliphatic carbocycles. The molecule has 1 aliphatic heterocycles. The molecule has 15 nitrogen and oxygen atoms in total. The average Bonchev–Trinajstić information content (AvgIpc) is 3.55. The van der Waals surface area contributed by atoms with Crippen molar-refractivity contribution in [2.45, 2.75) is 155 Å². The first-order valence-corrected chi connectivity index (χ1v) is 20.3. The number of nitrogens with zero attached hydrogens (tertiary/aromatic N) is 1. The number of esters is 1. The number of ketones is 1. The van der Waals surface area contributed by atoms with Crippen molar-refractivity contribution in [2.24, 2.45) is 11.8 Å². The molecule has 1 heterocycles. The van der Waals surface area contributed by atoms with Crippen LogP contribution >= 0.6 is 0 Å². The minimum absolute atomic E-state index is 0.0788. The molecule has 1 aromatic carbocycles. The second-order valence-corrected chi connectivity index (χ2v) is 17.4. The van der Waals surface area contributed by atoms with E-state index in [1.54, 1.807) is 58.0 Å².